The number of rotatable bonds is 8. The van der Waals surface area contributed by atoms with Gasteiger partial charge in [-0.05, 0) is 50.4 Å². The summed E-state index contributed by atoms with van der Waals surface area (Å²) in [5, 5.41) is 9.63. The molecule has 0 bridgehead atoms. The third-order valence-electron chi connectivity index (χ3n) is 6.44. The summed E-state index contributed by atoms with van der Waals surface area (Å²) in [6.07, 6.45) is 8.39. The molecule has 0 aromatic carbocycles. The molecule has 1 aromatic heterocycles. The molecule has 3 N–H and O–H groups in total. The van der Waals surface area contributed by atoms with Gasteiger partial charge in [-0.15, -0.1) is 0 Å². The molecular weight excluding hydrogens is 386 g/mol. The largest absolute Gasteiger partial charge is 0.356 e. The lowest BCUT2D eigenvalue weighted by Crippen LogP contribution is -2.36. The second kappa shape index (κ2) is 9.34. The van der Waals surface area contributed by atoms with Gasteiger partial charge in [0, 0.05) is 42.4 Å². The van der Waals surface area contributed by atoms with Crippen LogP contribution in [-0.4, -0.2) is 65.0 Å². The molecule has 0 saturated carbocycles. The van der Waals surface area contributed by atoms with Crippen molar-refractivity contribution in [1.82, 2.24) is 25.8 Å². The van der Waals surface area contributed by atoms with Crippen molar-refractivity contribution in [3.8, 4) is 0 Å². The molecule has 29 heavy (non-hydrogen) atoms. The first-order valence-corrected chi connectivity index (χ1v) is 11.7. The highest BCUT2D eigenvalue weighted by Crippen LogP contribution is 2.35. The van der Waals surface area contributed by atoms with Gasteiger partial charge in [-0.1, -0.05) is 12.5 Å². The molecule has 4 heterocycles. The van der Waals surface area contributed by atoms with E-state index in [9.17, 15) is 9.59 Å². The van der Waals surface area contributed by atoms with Crippen LogP contribution in [0.4, 0.5) is 4.79 Å². The molecular formula is C21H31N5O2S. The van der Waals surface area contributed by atoms with Gasteiger partial charge in [0.2, 0.25) is 5.91 Å². The van der Waals surface area contributed by atoms with E-state index in [4.69, 9.17) is 0 Å². The molecule has 3 saturated heterocycles. The number of nitrogens with one attached hydrogen (secondary N) is 3. The summed E-state index contributed by atoms with van der Waals surface area (Å²) in [4.78, 5) is 30.4. The van der Waals surface area contributed by atoms with Gasteiger partial charge in [0.1, 0.15) is 0 Å². The molecule has 3 aliphatic rings. The summed E-state index contributed by atoms with van der Waals surface area (Å²) in [5.41, 5.74) is 1.23. The van der Waals surface area contributed by atoms with Crippen LogP contribution in [0.3, 0.4) is 0 Å². The Labute approximate surface area is 176 Å². The molecule has 0 radical (unpaired) electrons. The Morgan fingerprint density at radius 1 is 1.38 bits per heavy atom. The van der Waals surface area contributed by atoms with Gasteiger partial charge in [0.05, 0.1) is 12.1 Å². The number of urea groups is 1. The van der Waals surface area contributed by atoms with Gasteiger partial charge >= 0.3 is 6.03 Å². The number of pyridine rings is 1. The van der Waals surface area contributed by atoms with E-state index in [1.54, 1.807) is 6.20 Å². The van der Waals surface area contributed by atoms with Gasteiger partial charge in [-0.2, -0.15) is 11.8 Å². The van der Waals surface area contributed by atoms with Crippen LogP contribution in [0.2, 0.25) is 0 Å². The molecule has 8 heteroatoms. The van der Waals surface area contributed by atoms with Crippen molar-refractivity contribution in [1.29, 1.82) is 0 Å². The number of aromatic nitrogens is 1. The smallest absolute Gasteiger partial charge is 0.315 e. The van der Waals surface area contributed by atoms with Crippen molar-refractivity contribution in [3.05, 3.63) is 30.1 Å². The van der Waals surface area contributed by atoms with E-state index in [-0.39, 0.29) is 24.0 Å². The van der Waals surface area contributed by atoms with Crippen LogP contribution < -0.4 is 16.0 Å². The predicted molar refractivity (Wildman–Crippen MR) is 115 cm³/mol. The first kappa shape index (κ1) is 20.5. The summed E-state index contributed by atoms with van der Waals surface area (Å²) in [6, 6.07) is 4.93. The minimum atomic E-state index is -0.0353. The molecule has 3 amide bonds. The molecule has 158 valence electrons. The second-order valence-electron chi connectivity index (χ2n) is 8.43. The highest BCUT2D eigenvalue weighted by atomic mass is 32.2. The molecule has 0 spiro atoms. The maximum atomic E-state index is 12.3. The molecule has 0 unspecified atom stereocenters. The Hall–Kier alpha value is -1.80. The fraction of sp³-hybridized carbons (Fsp3) is 0.667. The number of carbonyl (C=O) groups excluding carboxylic acids is 2. The third-order valence-corrected chi connectivity index (χ3v) is 7.95. The molecule has 7 nitrogen and oxygen atoms in total. The highest BCUT2D eigenvalue weighted by molar-refractivity contribution is 8.00. The lowest BCUT2D eigenvalue weighted by atomic mass is 9.94. The zero-order valence-electron chi connectivity index (χ0n) is 17.0. The van der Waals surface area contributed by atoms with E-state index in [1.807, 2.05) is 24.0 Å². The fourth-order valence-electron chi connectivity index (χ4n) is 4.92. The quantitative estimate of drug-likeness (QED) is 0.444. The van der Waals surface area contributed by atoms with Gasteiger partial charge in [0.25, 0.3) is 0 Å². The molecule has 5 atom stereocenters. The SMILES string of the molecule is CN1CC[C@@H](CNC(=O)CCCC[C@H]2SC[C@@H]3NC(=O)N[C@@H]32)[C@@H]1c1cccnc1. The first-order valence-electron chi connectivity index (χ1n) is 10.7. The molecule has 3 aliphatic heterocycles. The lowest BCUT2D eigenvalue weighted by Gasteiger charge is -2.25. The van der Waals surface area contributed by atoms with E-state index in [2.05, 4.69) is 38.9 Å². The highest BCUT2D eigenvalue weighted by Gasteiger charge is 2.42. The number of hydrogen-bond donors (Lipinski definition) is 3. The minimum absolute atomic E-state index is 0.0353. The Bertz CT molecular complexity index is 718. The van der Waals surface area contributed by atoms with Crippen LogP contribution in [0, 0.1) is 5.92 Å². The average molecular weight is 418 g/mol. The van der Waals surface area contributed by atoms with Crippen LogP contribution in [-0.2, 0) is 4.79 Å². The number of likely N-dealkylation sites (tertiary alicyclic amines) is 1. The van der Waals surface area contributed by atoms with Crippen LogP contribution in [0.5, 0.6) is 0 Å². The molecule has 0 aliphatic carbocycles. The van der Waals surface area contributed by atoms with Crippen molar-refractivity contribution in [2.75, 3.05) is 25.9 Å². The van der Waals surface area contributed by atoms with Crippen molar-refractivity contribution >= 4 is 23.7 Å². The number of carbonyl (C=O) groups is 2. The zero-order valence-corrected chi connectivity index (χ0v) is 17.8. The summed E-state index contributed by atoms with van der Waals surface area (Å²) in [5.74, 6) is 1.57. The Morgan fingerprint density at radius 3 is 3.10 bits per heavy atom. The van der Waals surface area contributed by atoms with Crippen LogP contribution in [0.15, 0.2) is 24.5 Å². The molecule has 3 fully saturated rings. The van der Waals surface area contributed by atoms with Crippen molar-refractivity contribution in [3.63, 3.8) is 0 Å². The van der Waals surface area contributed by atoms with Gasteiger partial charge in [-0.3, -0.25) is 14.7 Å². The number of unbranched alkanes of at least 4 members (excludes halogenated alkanes) is 1. The van der Waals surface area contributed by atoms with E-state index >= 15 is 0 Å². The fourth-order valence-corrected chi connectivity index (χ4v) is 6.47. The van der Waals surface area contributed by atoms with Gasteiger partial charge < -0.3 is 16.0 Å². The number of fused-ring (bicyclic) bond motifs is 1. The van der Waals surface area contributed by atoms with Crippen LogP contribution in [0.1, 0.15) is 43.7 Å². The summed E-state index contributed by atoms with van der Waals surface area (Å²) < 4.78 is 0. The second-order valence-corrected chi connectivity index (χ2v) is 9.70. The minimum Gasteiger partial charge on any atom is -0.356 e. The average Bonchev–Trinajstić information content (AvgIpc) is 3.38. The maximum absolute atomic E-state index is 12.3. The topological polar surface area (TPSA) is 86.4 Å². The lowest BCUT2D eigenvalue weighted by molar-refractivity contribution is -0.121. The standard InChI is InChI=1S/C21H31N5O2S/c1-26-10-8-15(20(26)14-5-4-9-22-11-14)12-23-18(27)7-3-2-6-17-19-16(13-29-17)24-21(28)25-19/h4-5,9,11,15-17,19-20H,2-3,6-8,10,12-13H2,1H3,(H,23,27)(H2,24,25,28)/t15-,16-,17+,19-,20-/m0/s1. The number of amides is 3. The normalized spacial score (nSPS) is 31.3. The first-order chi connectivity index (χ1) is 14.1. The zero-order chi connectivity index (χ0) is 20.2. The summed E-state index contributed by atoms with van der Waals surface area (Å²) in [7, 11) is 2.15. The molecule has 4 rings (SSSR count). The Balaban J connectivity index is 1.15. The maximum Gasteiger partial charge on any atom is 0.315 e. The van der Waals surface area contributed by atoms with E-state index in [0.717, 1.165) is 44.5 Å². The summed E-state index contributed by atoms with van der Waals surface area (Å²) in [6.45, 7) is 1.77. The monoisotopic (exact) mass is 417 g/mol. The number of hydrogen-bond acceptors (Lipinski definition) is 5. The van der Waals surface area contributed by atoms with E-state index in [1.165, 1.54) is 5.56 Å². The van der Waals surface area contributed by atoms with Crippen molar-refractivity contribution < 1.29 is 9.59 Å². The van der Waals surface area contributed by atoms with E-state index < -0.39 is 0 Å². The van der Waals surface area contributed by atoms with Crippen molar-refractivity contribution in [2.45, 2.75) is 55.5 Å². The Morgan fingerprint density at radius 2 is 2.28 bits per heavy atom. The van der Waals surface area contributed by atoms with Gasteiger partial charge in [0.15, 0.2) is 0 Å². The number of thioether (sulfide) groups is 1. The predicted octanol–water partition coefficient (Wildman–Crippen LogP) is 1.92. The molecule has 1 aromatic rings. The van der Waals surface area contributed by atoms with Crippen LogP contribution >= 0.6 is 11.8 Å². The van der Waals surface area contributed by atoms with E-state index in [0.29, 0.717) is 23.6 Å². The Kier molecular flexibility index (Phi) is 6.60. The van der Waals surface area contributed by atoms with Gasteiger partial charge in [-0.25, -0.2) is 4.79 Å². The van der Waals surface area contributed by atoms with Crippen LogP contribution in [0.25, 0.3) is 0 Å². The number of nitrogens with zero attached hydrogens (tertiary/aromatic N) is 2. The van der Waals surface area contributed by atoms with Crippen molar-refractivity contribution in [2.24, 2.45) is 5.92 Å². The summed E-state index contributed by atoms with van der Waals surface area (Å²) >= 11 is 1.93. The third kappa shape index (κ3) is 4.86.